The number of fused-ring (bicyclic) bond motifs is 2. The van der Waals surface area contributed by atoms with Crippen LogP contribution in [-0.4, -0.2) is 50.5 Å². The van der Waals surface area contributed by atoms with E-state index in [9.17, 15) is 28.8 Å². The number of nitrogens with one attached hydrogen (secondary N) is 2. The number of pyridine rings is 1. The van der Waals surface area contributed by atoms with E-state index >= 15 is 0 Å². The first-order chi connectivity index (χ1) is 20.1. The lowest BCUT2D eigenvalue weighted by Gasteiger charge is -2.05. The summed E-state index contributed by atoms with van der Waals surface area (Å²) in [4.78, 5) is 76.6. The van der Waals surface area contributed by atoms with Crippen molar-refractivity contribution in [1.82, 2.24) is 4.98 Å². The van der Waals surface area contributed by atoms with E-state index < -0.39 is 23.8 Å². The highest BCUT2D eigenvalue weighted by atomic mass is 16.4. The maximum Gasteiger partial charge on any atom is 0.303 e. The number of carbonyl (C=O) groups is 6. The summed E-state index contributed by atoms with van der Waals surface area (Å²) in [5, 5.41) is 23.2. The highest BCUT2D eigenvalue weighted by Gasteiger charge is 2.27. The summed E-state index contributed by atoms with van der Waals surface area (Å²) in [5.41, 5.74) is 3.90. The molecule has 2 aliphatic rings. The molecular formula is C31H23N3O8. The maximum absolute atomic E-state index is 12.8. The minimum absolute atomic E-state index is 0.165. The molecule has 1 aromatic heterocycles. The molecule has 4 N–H and O–H groups in total. The first-order valence-corrected chi connectivity index (χ1v) is 12.9. The fraction of sp³-hybridized carbons (Fsp3) is 0.129. The van der Waals surface area contributed by atoms with E-state index in [0.29, 0.717) is 33.9 Å². The topological polar surface area (TPSA) is 180 Å². The van der Waals surface area contributed by atoms with Crippen molar-refractivity contribution in [3.8, 4) is 0 Å². The van der Waals surface area contributed by atoms with Crippen LogP contribution in [0.15, 0.2) is 54.6 Å². The number of carboxylic acid groups (broad SMARTS) is 2. The first kappa shape index (κ1) is 27.8. The smallest absolute Gasteiger partial charge is 0.303 e. The van der Waals surface area contributed by atoms with Crippen LogP contribution in [0.1, 0.15) is 68.9 Å². The Hall–Kier alpha value is -5.71. The third kappa shape index (κ3) is 5.89. The predicted octanol–water partition coefficient (Wildman–Crippen LogP) is 4.16. The molecule has 0 radical (unpaired) electrons. The fourth-order valence-corrected chi connectivity index (χ4v) is 4.66. The van der Waals surface area contributed by atoms with Crippen molar-refractivity contribution < 1.29 is 39.0 Å². The number of carboxylic acids is 2. The van der Waals surface area contributed by atoms with Crippen LogP contribution in [-0.2, 0) is 19.2 Å². The van der Waals surface area contributed by atoms with E-state index in [1.807, 2.05) is 0 Å². The molecule has 11 heteroatoms. The zero-order valence-corrected chi connectivity index (χ0v) is 22.0. The van der Waals surface area contributed by atoms with Gasteiger partial charge in [-0.1, -0.05) is 6.07 Å². The Morgan fingerprint density at radius 1 is 0.643 bits per heavy atom. The minimum atomic E-state index is -1.08. The molecule has 0 saturated carbocycles. The number of aromatic nitrogens is 1. The van der Waals surface area contributed by atoms with Crippen molar-refractivity contribution in [2.45, 2.75) is 25.7 Å². The van der Waals surface area contributed by atoms with Gasteiger partial charge in [0.25, 0.3) is 11.8 Å². The molecule has 2 aromatic carbocycles. The molecule has 0 atom stereocenters. The van der Waals surface area contributed by atoms with Gasteiger partial charge >= 0.3 is 11.9 Å². The van der Waals surface area contributed by atoms with Gasteiger partial charge in [-0.3, -0.25) is 28.8 Å². The van der Waals surface area contributed by atoms with Crippen molar-refractivity contribution in [1.29, 1.82) is 0 Å². The summed E-state index contributed by atoms with van der Waals surface area (Å²) in [5.74, 6) is -3.65. The number of nitrogens with zero attached hydrogens (tertiary/aromatic N) is 1. The summed E-state index contributed by atoms with van der Waals surface area (Å²) in [6.45, 7) is 0. The molecule has 3 aromatic rings. The van der Waals surface area contributed by atoms with Crippen LogP contribution < -0.4 is 10.6 Å². The number of aliphatic carboxylic acids is 2. The standard InChI is InChI=1S/C31H23N3O8/c35-26(8-10-28(37)38)16-4-6-24-20(12-16)22(30(41)33-24)14-18-2-1-3-19(32-18)15-23-21-13-17(27(36)9-11-29(39)40)5-7-25(21)34-31(23)42/h1-7,12-15H,8-11H2,(H,33,41)(H,34,42)(H,37,38)(H,39,40)/b22-14+,23-15+. The Bertz CT molecular complexity index is 1640. The SMILES string of the molecule is O=C(O)CCC(=O)c1ccc2c(c1)/C(=C\c1cccc(/C=C3/C(=O)Nc4ccc(C(=O)CCC(=O)O)cc43)n1)C(=O)N2. The third-order valence-electron chi connectivity index (χ3n) is 6.76. The molecular weight excluding hydrogens is 542 g/mol. The van der Waals surface area contributed by atoms with Gasteiger partial charge in [0.2, 0.25) is 0 Å². The molecule has 42 heavy (non-hydrogen) atoms. The molecule has 0 aliphatic carbocycles. The van der Waals surface area contributed by atoms with Gasteiger partial charge in [0.15, 0.2) is 11.6 Å². The zero-order chi connectivity index (χ0) is 30.0. The predicted molar refractivity (Wildman–Crippen MR) is 153 cm³/mol. The van der Waals surface area contributed by atoms with Gasteiger partial charge in [0, 0.05) is 46.5 Å². The highest BCUT2D eigenvalue weighted by molar-refractivity contribution is 6.36. The summed E-state index contributed by atoms with van der Waals surface area (Å²) in [6, 6.07) is 14.4. The van der Waals surface area contributed by atoms with Gasteiger partial charge in [-0.25, -0.2) is 4.98 Å². The van der Waals surface area contributed by atoms with Gasteiger partial charge in [0.05, 0.1) is 35.4 Å². The number of hydrogen-bond acceptors (Lipinski definition) is 7. The van der Waals surface area contributed by atoms with E-state index in [2.05, 4.69) is 15.6 Å². The molecule has 2 aliphatic heterocycles. The zero-order valence-electron chi connectivity index (χ0n) is 22.0. The van der Waals surface area contributed by atoms with E-state index in [0.717, 1.165) is 0 Å². The quantitative estimate of drug-likeness (QED) is 0.207. The second kappa shape index (κ2) is 11.4. The number of Topliss-reactive ketones (excluding diaryl/α,β-unsaturated/α-hetero) is 2. The minimum Gasteiger partial charge on any atom is -0.481 e. The largest absolute Gasteiger partial charge is 0.481 e. The van der Waals surface area contributed by atoms with E-state index in [4.69, 9.17) is 10.2 Å². The molecule has 0 spiro atoms. The molecule has 5 rings (SSSR count). The Morgan fingerprint density at radius 3 is 1.48 bits per heavy atom. The van der Waals surface area contributed by atoms with Gasteiger partial charge in [0.1, 0.15) is 0 Å². The highest BCUT2D eigenvalue weighted by Crippen LogP contribution is 2.35. The average Bonchev–Trinajstić information content (AvgIpc) is 3.44. The van der Waals surface area contributed by atoms with Crippen molar-refractivity contribution in [3.05, 3.63) is 88.2 Å². The molecule has 2 amide bonds. The van der Waals surface area contributed by atoms with Crippen LogP contribution in [0.3, 0.4) is 0 Å². The van der Waals surface area contributed by atoms with Crippen LogP contribution in [0.4, 0.5) is 11.4 Å². The summed E-state index contributed by atoms with van der Waals surface area (Å²) in [7, 11) is 0. The Labute approximate surface area is 238 Å². The molecule has 3 heterocycles. The van der Waals surface area contributed by atoms with Crippen LogP contribution in [0.5, 0.6) is 0 Å². The van der Waals surface area contributed by atoms with Crippen molar-refractivity contribution in [2.24, 2.45) is 0 Å². The Balaban J connectivity index is 1.44. The summed E-state index contributed by atoms with van der Waals surface area (Å²) in [6.07, 6.45) is 2.18. The van der Waals surface area contributed by atoms with E-state index in [-0.39, 0.29) is 59.5 Å². The van der Waals surface area contributed by atoms with Gasteiger partial charge in [-0.2, -0.15) is 0 Å². The van der Waals surface area contributed by atoms with Gasteiger partial charge in [-0.15, -0.1) is 0 Å². The molecule has 11 nitrogen and oxygen atoms in total. The van der Waals surface area contributed by atoms with E-state index in [1.54, 1.807) is 54.6 Å². The number of rotatable bonds is 10. The molecule has 210 valence electrons. The fourth-order valence-electron chi connectivity index (χ4n) is 4.66. The van der Waals surface area contributed by atoms with Crippen LogP contribution in [0, 0.1) is 0 Å². The second-order valence-electron chi connectivity index (χ2n) is 9.67. The number of anilines is 2. The normalized spacial score (nSPS) is 15.2. The second-order valence-corrected chi connectivity index (χ2v) is 9.67. The third-order valence-corrected chi connectivity index (χ3v) is 6.76. The van der Waals surface area contributed by atoms with E-state index in [1.165, 1.54) is 12.1 Å². The molecule has 0 saturated heterocycles. The van der Waals surface area contributed by atoms with Gasteiger partial charge < -0.3 is 20.8 Å². The number of amides is 2. The lowest BCUT2D eigenvalue weighted by atomic mass is 9.99. The van der Waals surface area contributed by atoms with Crippen molar-refractivity contribution in [3.63, 3.8) is 0 Å². The lowest BCUT2D eigenvalue weighted by molar-refractivity contribution is -0.137. The summed E-state index contributed by atoms with van der Waals surface area (Å²) < 4.78 is 0. The first-order valence-electron chi connectivity index (χ1n) is 12.9. The summed E-state index contributed by atoms with van der Waals surface area (Å²) >= 11 is 0. The average molecular weight is 566 g/mol. The van der Waals surface area contributed by atoms with Gasteiger partial charge in [-0.05, 0) is 60.7 Å². The molecule has 0 fully saturated rings. The molecule has 0 bridgehead atoms. The Morgan fingerprint density at radius 2 is 1.07 bits per heavy atom. The maximum atomic E-state index is 12.8. The van der Waals surface area contributed by atoms with Crippen LogP contribution in [0.25, 0.3) is 23.3 Å². The molecule has 0 unspecified atom stereocenters. The van der Waals surface area contributed by atoms with Crippen molar-refractivity contribution >= 4 is 70.0 Å². The lowest BCUT2D eigenvalue weighted by Crippen LogP contribution is -2.04. The van der Waals surface area contributed by atoms with Crippen LogP contribution >= 0.6 is 0 Å². The number of benzene rings is 2. The number of ketones is 2. The monoisotopic (exact) mass is 565 g/mol. The van der Waals surface area contributed by atoms with Crippen molar-refractivity contribution in [2.75, 3.05) is 10.6 Å². The Kier molecular flexibility index (Phi) is 7.57. The number of carbonyl (C=O) groups excluding carboxylic acids is 4. The number of hydrogen-bond donors (Lipinski definition) is 4. The van der Waals surface area contributed by atoms with Crippen LogP contribution in [0.2, 0.25) is 0 Å².